The number of thiophene rings is 1. The number of ether oxygens (including phenoxy) is 1. The first-order valence-electron chi connectivity index (χ1n) is 5.57. The minimum Gasteiger partial charge on any atom is -0.409 e. The minimum absolute atomic E-state index is 0.238. The highest BCUT2D eigenvalue weighted by molar-refractivity contribution is 7.16. The number of oxime groups is 1. The summed E-state index contributed by atoms with van der Waals surface area (Å²) in [5.74, 6) is 0.238. The molecule has 1 aromatic heterocycles. The van der Waals surface area contributed by atoms with E-state index in [1.54, 1.807) is 18.4 Å². The van der Waals surface area contributed by atoms with Gasteiger partial charge in [-0.05, 0) is 12.1 Å². The van der Waals surface area contributed by atoms with E-state index in [4.69, 9.17) is 27.3 Å². The maximum absolute atomic E-state index is 8.52. The highest BCUT2D eigenvalue weighted by Gasteiger charge is 2.08. The largest absolute Gasteiger partial charge is 0.409 e. The van der Waals surface area contributed by atoms with Crippen LogP contribution >= 0.6 is 22.9 Å². The quantitative estimate of drug-likeness (QED) is 0.332. The number of rotatable bonds is 8. The molecule has 0 aliphatic carbocycles. The van der Waals surface area contributed by atoms with Crippen molar-refractivity contribution in [2.45, 2.75) is 13.0 Å². The van der Waals surface area contributed by atoms with Gasteiger partial charge in [0.25, 0.3) is 0 Å². The molecule has 1 rings (SSSR count). The summed E-state index contributed by atoms with van der Waals surface area (Å²) in [5.41, 5.74) is 5.47. The van der Waals surface area contributed by atoms with Crippen LogP contribution in [0.1, 0.15) is 11.3 Å². The molecule has 0 unspecified atom stereocenters. The Bertz CT molecular complexity index is 384. The Hall–Kier alpha value is -0.820. The Morgan fingerprint density at radius 3 is 2.89 bits per heavy atom. The van der Waals surface area contributed by atoms with E-state index < -0.39 is 0 Å². The molecule has 0 saturated carbocycles. The molecule has 0 spiro atoms. The molecule has 0 saturated heterocycles. The first-order chi connectivity index (χ1) is 8.65. The van der Waals surface area contributed by atoms with Crippen LogP contribution in [-0.2, 0) is 11.3 Å². The summed E-state index contributed by atoms with van der Waals surface area (Å²) in [6.07, 6.45) is 0.527. The number of nitrogens with two attached hydrogens (primary N) is 1. The van der Waals surface area contributed by atoms with Gasteiger partial charge in [0.2, 0.25) is 0 Å². The summed E-state index contributed by atoms with van der Waals surface area (Å²) in [6.45, 7) is 2.95. The number of nitrogens with zero attached hydrogens (tertiary/aromatic N) is 2. The highest BCUT2D eigenvalue weighted by Crippen LogP contribution is 2.22. The van der Waals surface area contributed by atoms with Crippen molar-refractivity contribution in [3.63, 3.8) is 0 Å². The standard InChI is InChI=1S/C11H18ClN3O2S/c1-17-7-6-15(5-4-11(13)14-16)8-9-2-3-10(12)18-9/h2-3,16H,4-8H2,1H3,(H2,13,14). The Kier molecular flexibility index (Phi) is 7.04. The molecule has 0 amide bonds. The van der Waals surface area contributed by atoms with Gasteiger partial charge >= 0.3 is 0 Å². The van der Waals surface area contributed by atoms with Gasteiger partial charge in [0.15, 0.2) is 0 Å². The van der Waals surface area contributed by atoms with Gasteiger partial charge in [-0.2, -0.15) is 0 Å². The fraction of sp³-hybridized carbons (Fsp3) is 0.545. The average Bonchev–Trinajstić information content (AvgIpc) is 2.77. The first-order valence-corrected chi connectivity index (χ1v) is 6.77. The Morgan fingerprint density at radius 1 is 1.56 bits per heavy atom. The average molecular weight is 292 g/mol. The zero-order valence-electron chi connectivity index (χ0n) is 10.3. The van der Waals surface area contributed by atoms with E-state index in [-0.39, 0.29) is 5.84 Å². The van der Waals surface area contributed by atoms with E-state index in [2.05, 4.69) is 10.1 Å². The van der Waals surface area contributed by atoms with Gasteiger partial charge in [-0.25, -0.2) is 0 Å². The second kappa shape index (κ2) is 8.31. The van der Waals surface area contributed by atoms with Crippen LogP contribution in [0.5, 0.6) is 0 Å². The lowest BCUT2D eigenvalue weighted by atomic mass is 10.3. The number of methoxy groups -OCH3 is 1. The summed E-state index contributed by atoms with van der Waals surface area (Å²) in [4.78, 5) is 3.37. The molecule has 0 radical (unpaired) electrons. The predicted octanol–water partition coefficient (Wildman–Crippen LogP) is 1.99. The lowest BCUT2D eigenvalue weighted by Crippen LogP contribution is -2.30. The summed E-state index contributed by atoms with van der Waals surface area (Å²) in [5, 5.41) is 11.5. The molecule has 0 fully saturated rings. The van der Waals surface area contributed by atoms with Crippen LogP contribution in [0.3, 0.4) is 0 Å². The van der Waals surface area contributed by atoms with Gasteiger partial charge in [-0.15, -0.1) is 11.3 Å². The van der Waals surface area contributed by atoms with Gasteiger partial charge in [0.05, 0.1) is 10.9 Å². The third-order valence-corrected chi connectivity index (χ3v) is 3.65. The third kappa shape index (κ3) is 5.68. The molecule has 3 N–H and O–H groups in total. The van der Waals surface area contributed by atoms with E-state index in [9.17, 15) is 0 Å². The molecule has 0 aliphatic heterocycles. The van der Waals surface area contributed by atoms with Crippen molar-refractivity contribution in [2.75, 3.05) is 26.8 Å². The molecule has 1 heterocycles. The van der Waals surface area contributed by atoms with Gasteiger partial charge in [-0.3, -0.25) is 4.90 Å². The van der Waals surface area contributed by atoms with Gasteiger partial charge < -0.3 is 15.7 Å². The molecule has 5 nitrogen and oxygen atoms in total. The van der Waals surface area contributed by atoms with Crippen LogP contribution in [0.25, 0.3) is 0 Å². The Labute approximate surface area is 116 Å². The van der Waals surface area contributed by atoms with Crippen molar-refractivity contribution in [1.29, 1.82) is 0 Å². The molecule has 7 heteroatoms. The molecule has 0 atom stereocenters. The lowest BCUT2D eigenvalue weighted by Gasteiger charge is -2.20. The second-order valence-corrected chi connectivity index (χ2v) is 5.62. The first kappa shape index (κ1) is 15.2. The minimum atomic E-state index is 0.238. The van der Waals surface area contributed by atoms with Crippen LogP contribution in [0, 0.1) is 0 Å². The molecule has 102 valence electrons. The van der Waals surface area contributed by atoms with Gasteiger partial charge in [0, 0.05) is 38.0 Å². The van der Waals surface area contributed by atoms with Crippen LogP contribution in [0.15, 0.2) is 17.3 Å². The summed E-state index contributed by atoms with van der Waals surface area (Å²) in [7, 11) is 1.67. The van der Waals surface area contributed by atoms with Crippen molar-refractivity contribution in [1.82, 2.24) is 4.90 Å². The molecular weight excluding hydrogens is 274 g/mol. The van der Waals surface area contributed by atoms with Crippen molar-refractivity contribution in [2.24, 2.45) is 10.9 Å². The fourth-order valence-corrected chi connectivity index (χ4v) is 2.60. The lowest BCUT2D eigenvalue weighted by molar-refractivity contribution is 0.146. The SMILES string of the molecule is COCCN(CCC(N)=NO)Cc1ccc(Cl)s1. The van der Waals surface area contributed by atoms with Crippen molar-refractivity contribution >= 4 is 28.8 Å². The zero-order valence-corrected chi connectivity index (χ0v) is 11.9. The normalized spacial score (nSPS) is 12.3. The van der Waals surface area contributed by atoms with Crippen LogP contribution in [0.4, 0.5) is 0 Å². The van der Waals surface area contributed by atoms with E-state index in [0.717, 1.165) is 24.0 Å². The summed E-state index contributed by atoms with van der Waals surface area (Å²) in [6, 6.07) is 3.90. The number of hydrogen-bond acceptors (Lipinski definition) is 5. The van der Waals surface area contributed by atoms with Crippen LogP contribution < -0.4 is 5.73 Å². The molecule has 0 aromatic carbocycles. The molecule has 0 aliphatic rings. The van der Waals surface area contributed by atoms with Crippen LogP contribution in [-0.4, -0.2) is 42.7 Å². The van der Waals surface area contributed by atoms with E-state index in [0.29, 0.717) is 13.0 Å². The van der Waals surface area contributed by atoms with Crippen molar-refractivity contribution in [3.8, 4) is 0 Å². The summed E-state index contributed by atoms with van der Waals surface area (Å²) < 4.78 is 5.86. The third-order valence-electron chi connectivity index (χ3n) is 2.43. The van der Waals surface area contributed by atoms with Gasteiger partial charge in [-0.1, -0.05) is 16.8 Å². The number of halogens is 1. The smallest absolute Gasteiger partial charge is 0.140 e. The second-order valence-electron chi connectivity index (χ2n) is 3.82. The Balaban J connectivity index is 2.49. The van der Waals surface area contributed by atoms with Crippen molar-refractivity contribution in [3.05, 3.63) is 21.3 Å². The predicted molar refractivity (Wildman–Crippen MR) is 74.5 cm³/mol. The zero-order chi connectivity index (χ0) is 13.4. The van der Waals surface area contributed by atoms with E-state index >= 15 is 0 Å². The van der Waals surface area contributed by atoms with Gasteiger partial charge in [0.1, 0.15) is 5.84 Å². The van der Waals surface area contributed by atoms with E-state index in [1.807, 2.05) is 12.1 Å². The fourth-order valence-electron chi connectivity index (χ4n) is 1.47. The molecule has 1 aromatic rings. The summed E-state index contributed by atoms with van der Waals surface area (Å²) >= 11 is 7.46. The van der Waals surface area contributed by atoms with Crippen LogP contribution in [0.2, 0.25) is 4.34 Å². The molecule has 0 bridgehead atoms. The molecule has 18 heavy (non-hydrogen) atoms. The highest BCUT2D eigenvalue weighted by atomic mass is 35.5. The maximum atomic E-state index is 8.52. The topological polar surface area (TPSA) is 71.1 Å². The monoisotopic (exact) mass is 291 g/mol. The van der Waals surface area contributed by atoms with Crippen molar-refractivity contribution < 1.29 is 9.94 Å². The Morgan fingerprint density at radius 2 is 2.33 bits per heavy atom. The molecular formula is C11H18ClN3O2S. The number of amidine groups is 1. The number of hydrogen-bond donors (Lipinski definition) is 2. The van der Waals surface area contributed by atoms with E-state index in [1.165, 1.54) is 4.88 Å². The maximum Gasteiger partial charge on any atom is 0.140 e.